The van der Waals surface area contributed by atoms with E-state index in [1.807, 2.05) is 6.92 Å². The fourth-order valence-corrected chi connectivity index (χ4v) is 4.16. The van der Waals surface area contributed by atoms with Gasteiger partial charge in [0.05, 0.1) is 26.5 Å². The first-order chi connectivity index (χ1) is 12.7. The zero-order valence-electron chi connectivity index (χ0n) is 15.3. The number of aryl methyl sites for hydroxylation is 1. The minimum atomic E-state index is -3.58. The van der Waals surface area contributed by atoms with Crippen molar-refractivity contribution in [3.05, 3.63) is 51.7 Å². The fourth-order valence-electron chi connectivity index (χ4n) is 3.02. The number of sulfone groups is 1. The Morgan fingerprint density at radius 1 is 1.15 bits per heavy atom. The van der Waals surface area contributed by atoms with Gasteiger partial charge in [0, 0.05) is 0 Å². The highest BCUT2D eigenvalue weighted by Crippen LogP contribution is 2.28. The van der Waals surface area contributed by atoms with Crippen LogP contribution in [-0.4, -0.2) is 24.7 Å². The summed E-state index contributed by atoms with van der Waals surface area (Å²) in [5, 5.41) is 8.80. The van der Waals surface area contributed by atoms with Gasteiger partial charge in [0.1, 0.15) is 11.2 Å². The van der Waals surface area contributed by atoms with Gasteiger partial charge < -0.3 is 9.52 Å². The van der Waals surface area contributed by atoms with Crippen LogP contribution >= 0.6 is 0 Å². The third-order valence-electron chi connectivity index (χ3n) is 4.54. The molecule has 0 spiro atoms. The predicted molar refractivity (Wildman–Crippen MR) is 103 cm³/mol. The third kappa shape index (κ3) is 3.23. The second-order valence-corrected chi connectivity index (χ2v) is 9.25. The van der Waals surface area contributed by atoms with E-state index in [0.717, 1.165) is 6.42 Å². The molecule has 0 saturated carbocycles. The summed E-state index contributed by atoms with van der Waals surface area (Å²) in [7, 11) is -3.58. The fraction of sp³-hybridized carbons (Fsp3) is 0.300. The van der Waals surface area contributed by atoms with E-state index in [-0.39, 0.29) is 26.8 Å². The molecule has 0 aliphatic rings. The summed E-state index contributed by atoms with van der Waals surface area (Å²) in [4.78, 5) is 24.3. The van der Waals surface area contributed by atoms with E-state index in [9.17, 15) is 18.0 Å². The molecule has 142 valence electrons. The summed E-state index contributed by atoms with van der Waals surface area (Å²) >= 11 is 0. The first kappa shape index (κ1) is 19.1. The average molecular weight is 388 g/mol. The summed E-state index contributed by atoms with van der Waals surface area (Å²) in [6.45, 7) is 5.12. The van der Waals surface area contributed by atoms with Crippen molar-refractivity contribution >= 4 is 37.7 Å². The molecule has 0 unspecified atom stereocenters. The van der Waals surface area contributed by atoms with Crippen molar-refractivity contribution in [1.29, 1.82) is 0 Å². The minimum absolute atomic E-state index is 0.0334. The molecule has 3 rings (SSSR count). The molecule has 7 heteroatoms. The highest BCUT2D eigenvalue weighted by atomic mass is 32.2. The van der Waals surface area contributed by atoms with E-state index in [0.29, 0.717) is 17.6 Å². The van der Waals surface area contributed by atoms with E-state index in [1.165, 1.54) is 24.3 Å². The van der Waals surface area contributed by atoms with Gasteiger partial charge in [0.25, 0.3) is 0 Å². The summed E-state index contributed by atoms with van der Waals surface area (Å²) in [6.07, 6.45) is 1.31. The Hall–Kier alpha value is -2.67. The maximum atomic E-state index is 13.0. The van der Waals surface area contributed by atoms with Gasteiger partial charge >= 0.3 is 5.97 Å². The monoisotopic (exact) mass is 388 g/mol. The normalized spacial score (nSPS) is 12.1. The molecule has 3 aromatic rings. The Balaban J connectivity index is 2.45. The summed E-state index contributed by atoms with van der Waals surface area (Å²) in [5.41, 5.74) is 0.798. The van der Waals surface area contributed by atoms with Gasteiger partial charge in [0.2, 0.25) is 5.43 Å². The Bertz CT molecular complexity index is 1220. The molecule has 0 atom stereocenters. The van der Waals surface area contributed by atoms with Crippen LogP contribution in [0.3, 0.4) is 0 Å². The standard InChI is InChI=1S/C20H20O6S/c1-4-5-12-8-14(27(24,25)11(2)3)10-16-18(21)15-9-13(20(22)23)6-7-17(15)26-19(12)16/h6-11H,4-5H2,1-3H3,(H,22,23). The predicted octanol–water partition coefficient (Wildman–Crippen LogP) is 3.78. The van der Waals surface area contributed by atoms with Crippen molar-refractivity contribution in [1.82, 2.24) is 0 Å². The largest absolute Gasteiger partial charge is 0.478 e. The average Bonchev–Trinajstić information content (AvgIpc) is 2.62. The van der Waals surface area contributed by atoms with Gasteiger partial charge in [0.15, 0.2) is 9.84 Å². The molecule has 0 aliphatic heterocycles. The van der Waals surface area contributed by atoms with E-state index in [2.05, 4.69) is 0 Å². The van der Waals surface area contributed by atoms with Gasteiger partial charge in [-0.25, -0.2) is 13.2 Å². The second kappa shape index (κ2) is 6.81. The highest BCUT2D eigenvalue weighted by Gasteiger charge is 2.23. The number of hydrogen-bond donors (Lipinski definition) is 1. The lowest BCUT2D eigenvalue weighted by atomic mass is 10.0. The Morgan fingerprint density at radius 2 is 1.85 bits per heavy atom. The number of hydrogen-bond acceptors (Lipinski definition) is 5. The topological polar surface area (TPSA) is 102 Å². The lowest BCUT2D eigenvalue weighted by molar-refractivity contribution is 0.0697. The van der Waals surface area contributed by atoms with Crippen LogP contribution < -0.4 is 5.43 Å². The quantitative estimate of drug-likeness (QED) is 0.668. The number of rotatable bonds is 5. The SMILES string of the molecule is CCCc1cc(S(=O)(=O)C(C)C)cc2c(=O)c3cc(C(=O)O)ccc3oc12. The van der Waals surface area contributed by atoms with Gasteiger partial charge in [-0.2, -0.15) is 0 Å². The Kier molecular flexibility index (Phi) is 4.82. The van der Waals surface area contributed by atoms with E-state index in [1.54, 1.807) is 19.9 Å². The molecule has 0 fully saturated rings. The molecule has 1 aromatic heterocycles. The number of carbonyl (C=O) groups is 1. The van der Waals surface area contributed by atoms with Crippen molar-refractivity contribution in [2.75, 3.05) is 0 Å². The van der Waals surface area contributed by atoms with Crippen LogP contribution in [-0.2, 0) is 16.3 Å². The van der Waals surface area contributed by atoms with Crippen LogP contribution in [0.25, 0.3) is 21.9 Å². The zero-order chi connectivity index (χ0) is 19.9. The molecular weight excluding hydrogens is 368 g/mol. The van der Waals surface area contributed by atoms with Crippen molar-refractivity contribution < 1.29 is 22.7 Å². The van der Waals surface area contributed by atoms with E-state index in [4.69, 9.17) is 9.52 Å². The summed E-state index contributed by atoms with van der Waals surface area (Å²) in [6, 6.07) is 6.99. The Morgan fingerprint density at radius 3 is 2.44 bits per heavy atom. The number of aromatic carboxylic acids is 1. The van der Waals surface area contributed by atoms with Gasteiger partial charge in [-0.3, -0.25) is 4.79 Å². The Labute approximate surface area is 156 Å². The minimum Gasteiger partial charge on any atom is -0.478 e. The molecule has 1 N–H and O–H groups in total. The zero-order valence-corrected chi connectivity index (χ0v) is 16.1. The molecule has 0 saturated heterocycles. The van der Waals surface area contributed by atoms with E-state index >= 15 is 0 Å². The molecule has 0 aliphatic carbocycles. The smallest absolute Gasteiger partial charge is 0.335 e. The van der Waals surface area contributed by atoms with Crippen molar-refractivity contribution in [2.45, 2.75) is 43.8 Å². The number of carboxylic acids is 1. The van der Waals surface area contributed by atoms with Crippen molar-refractivity contribution in [2.24, 2.45) is 0 Å². The van der Waals surface area contributed by atoms with Crippen LogP contribution in [0.5, 0.6) is 0 Å². The maximum Gasteiger partial charge on any atom is 0.335 e. The number of benzene rings is 2. The number of fused-ring (bicyclic) bond motifs is 2. The van der Waals surface area contributed by atoms with Gasteiger partial charge in [-0.1, -0.05) is 13.3 Å². The first-order valence-electron chi connectivity index (χ1n) is 8.67. The lowest BCUT2D eigenvalue weighted by Gasteiger charge is -2.12. The molecular formula is C20H20O6S. The molecule has 27 heavy (non-hydrogen) atoms. The second-order valence-electron chi connectivity index (χ2n) is 6.75. The summed E-state index contributed by atoms with van der Waals surface area (Å²) < 4.78 is 31.2. The summed E-state index contributed by atoms with van der Waals surface area (Å²) in [5.74, 6) is -1.15. The first-order valence-corrected chi connectivity index (χ1v) is 10.2. The van der Waals surface area contributed by atoms with Crippen molar-refractivity contribution in [3.8, 4) is 0 Å². The molecule has 2 aromatic carbocycles. The lowest BCUT2D eigenvalue weighted by Crippen LogP contribution is -2.15. The molecule has 6 nitrogen and oxygen atoms in total. The van der Waals surface area contributed by atoms with Gasteiger partial charge in [-0.05, 0) is 56.2 Å². The third-order valence-corrected chi connectivity index (χ3v) is 6.67. The maximum absolute atomic E-state index is 13.0. The number of carboxylic acid groups (broad SMARTS) is 1. The van der Waals surface area contributed by atoms with Crippen LogP contribution in [0, 0.1) is 0 Å². The van der Waals surface area contributed by atoms with Gasteiger partial charge in [-0.15, -0.1) is 0 Å². The molecule has 0 amide bonds. The van der Waals surface area contributed by atoms with Crippen LogP contribution in [0.15, 0.2) is 44.4 Å². The van der Waals surface area contributed by atoms with E-state index < -0.39 is 26.5 Å². The van der Waals surface area contributed by atoms with Crippen LogP contribution in [0.2, 0.25) is 0 Å². The highest BCUT2D eigenvalue weighted by molar-refractivity contribution is 7.92. The van der Waals surface area contributed by atoms with Crippen LogP contribution in [0.4, 0.5) is 0 Å². The molecule has 1 heterocycles. The van der Waals surface area contributed by atoms with Crippen LogP contribution in [0.1, 0.15) is 43.1 Å². The molecule has 0 radical (unpaired) electrons. The molecule has 0 bridgehead atoms. The van der Waals surface area contributed by atoms with Crippen molar-refractivity contribution in [3.63, 3.8) is 0 Å².